The van der Waals surface area contributed by atoms with Gasteiger partial charge in [-0.15, -0.1) is 0 Å². The van der Waals surface area contributed by atoms with Crippen LogP contribution >= 0.6 is 0 Å². The van der Waals surface area contributed by atoms with Crippen molar-refractivity contribution in [3.05, 3.63) is 54.1 Å². The molecule has 1 aliphatic rings. The Hall–Kier alpha value is -3.19. The fraction of sp³-hybridized carbons (Fsp3) is 0.444. The Kier molecular flexibility index (Phi) is 7.95. The summed E-state index contributed by atoms with van der Waals surface area (Å²) in [6.07, 6.45) is 2.46. The Labute approximate surface area is 200 Å². The van der Waals surface area contributed by atoms with Crippen LogP contribution < -0.4 is 5.32 Å². The molecule has 2 amide bonds. The van der Waals surface area contributed by atoms with Gasteiger partial charge in [0.05, 0.1) is 0 Å². The van der Waals surface area contributed by atoms with Crippen LogP contribution in [0.25, 0.3) is 22.6 Å². The molecule has 7 nitrogen and oxygen atoms in total. The summed E-state index contributed by atoms with van der Waals surface area (Å²) >= 11 is 0. The maximum atomic E-state index is 13.1. The van der Waals surface area contributed by atoms with Crippen molar-refractivity contribution in [3.63, 3.8) is 0 Å². The van der Waals surface area contributed by atoms with Crippen LogP contribution in [-0.4, -0.2) is 54.5 Å². The average Bonchev–Trinajstić information content (AvgIpc) is 3.32. The van der Waals surface area contributed by atoms with Gasteiger partial charge >= 0.3 is 0 Å². The topological polar surface area (TPSA) is 84.7 Å². The number of ether oxygens (including phenoxy) is 1. The van der Waals surface area contributed by atoms with Crippen LogP contribution in [0, 0.1) is 11.8 Å². The molecule has 0 radical (unpaired) electrons. The zero-order valence-electron chi connectivity index (χ0n) is 20.0. The lowest BCUT2D eigenvalue weighted by Crippen LogP contribution is -2.42. The van der Waals surface area contributed by atoms with Crippen molar-refractivity contribution in [1.82, 2.24) is 15.2 Å². The van der Waals surface area contributed by atoms with E-state index in [1.54, 1.807) is 6.07 Å². The van der Waals surface area contributed by atoms with Crippen LogP contribution in [-0.2, 0) is 9.53 Å². The van der Waals surface area contributed by atoms with Crippen LogP contribution in [0.2, 0.25) is 0 Å². The Balaban J connectivity index is 1.32. The first kappa shape index (κ1) is 24.0. The SMILES string of the molecule is CCOCCCNC(=O)[C@H](C)C1CCN(C(=O)c2ccc3nc(-c4ccccc4)oc3c2)CC1. The van der Waals surface area contributed by atoms with Gasteiger partial charge in [0.15, 0.2) is 5.58 Å². The van der Waals surface area contributed by atoms with Gasteiger partial charge in [-0.25, -0.2) is 4.98 Å². The highest BCUT2D eigenvalue weighted by molar-refractivity contribution is 5.97. The van der Waals surface area contributed by atoms with E-state index in [1.807, 2.05) is 61.2 Å². The molecule has 0 saturated carbocycles. The number of hydrogen-bond acceptors (Lipinski definition) is 5. The zero-order valence-corrected chi connectivity index (χ0v) is 20.0. The molecule has 34 heavy (non-hydrogen) atoms. The molecule has 180 valence electrons. The van der Waals surface area contributed by atoms with E-state index in [0.29, 0.717) is 49.9 Å². The third kappa shape index (κ3) is 5.65. The summed E-state index contributed by atoms with van der Waals surface area (Å²) in [5.74, 6) is 0.843. The highest BCUT2D eigenvalue weighted by Crippen LogP contribution is 2.28. The van der Waals surface area contributed by atoms with E-state index in [1.165, 1.54) is 0 Å². The zero-order chi connectivity index (χ0) is 23.9. The highest BCUT2D eigenvalue weighted by atomic mass is 16.5. The predicted molar refractivity (Wildman–Crippen MR) is 131 cm³/mol. The second-order valence-electron chi connectivity index (χ2n) is 8.83. The molecule has 1 aliphatic heterocycles. The molecule has 2 heterocycles. The van der Waals surface area contributed by atoms with Gasteiger partial charge < -0.3 is 19.4 Å². The second kappa shape index (κ2) is 11.3. The Morgan fingerprint density at radius 3 is 2.68 bits per heavy atom. The van der Waals surface area contributed by atoms with Gasteiger partial charge in [-0.1, -0.05) is 25.1 Å². The molecule has 1 fully saturated rings. The van der Waals surface area contributed by atoms with Crippen molar-refractivity contribution in [2.24, 2.45) is 11.8 Å². The fourth-order valence-electron chi connectivity index (χ4n) is 4.45. The molecular formula is C27H33N3O4. The van der Waals surface area contributed by atoms with Gasteiger partial charge in [-0.2, -0.15) is 0 Å². The van der Waals surface area contributed by atoms with E-state index in [9.17, 15) is 9.59 Å². The first-order valence-corrected chi connectivity index (χ1v) is 12.2. The number of likely N-dealkylation sites (tertiary alicyclic amines) is 1. The molecule has 4 rings (SSSR count). The van der Waals surface area contributed by atoms with Crippen LogP contribution in [0.1, 0.15) is 43.5 Å². The maximum absolute atomic E-state index is 13.1. The van der Waals surface area contributed by atoms with E-state index in [4.69, 9.17) is 9.15 Å². The number of nitrogens with one attached hydrogen (secondary N) is 1. The molecule has 1 atom stereocenters. The van der Waals surface area contributed by atoms with Crippen molar-refractivity contribution in [3.8, 4) is 11.5 Å². The van der Waals surface area contributed by atoms with Gasteiger partial charge in [-0.3, -0.25) is 9.59 Å². The molecule has 1 N–H and O–H groups in total. The minimum Gasteiger partial charge on any atom is -0.436 e. The van der Waals surface area contributed by atoms with E-state index < -0.39 is 0 Å². The van der Waals surface area contributed by atoms with Gasteiger partial charge in [-0.05, 0) is 62.4 Å². The molecule has 0 spiro atoms. The second-order valence-corrected chi connectivity index (χ2v) is 8.83. The third-order valence-corrected chi connectivity index (χ3v) is 6.57. The summed E-state index contributed by atoms with van der Waals surface area (Å²) in [6, 6.07) is 15.2. The van der Waals surface area contributed by atoms with E-state index in [2.05, 4.69) is 10.3 Å². The number of rotatable bonds is 9. The minimum atomic E-state index is -0.0636. The van der Waals surface area contributed by atoms with Gasteiger partial charge in [0, 0.05) is 49.9 Å². The Morgan fingerprint density at radius 1 is 1.18 bits per heavy atom. The lowest BCUT2D eigenvalue weighted by atomic mass is 9.84. The van der Waals surface area contributed by atoms with Crippen molar-refractivity contribution < 1.29 is 18.7 Å². The standard InChI is InChI=1S/C27H33N3O4/c1-3-33-17-7-14-28-25(31)19(2)20-12-15-30(16-13-20)27(32)22-10-11-23-24(18-22)34-26(29-23)21-8-5-4-6-9-21/h4-6,8-11,18-20H,3,7,12-17H2,1-2H3,(H,28,31)/t19-/m1/s1. The van der Waals surface area contributed by atoms with Crippen molar-refractivity contribution in [2.75, 3.05) is 32.8 Å². The number of hydrogen-bond donors (Lipinski definition) is 1. The third-order valence-electron chi connectivity index (χ3n) is 6.57. The number of aromatic nitrogens is 1. The molecule has 0 bridgehead atoms. The van der Waals surface area contributed by atoms with Crippen molar-refractivity contribution in [1.29, 1.82) is 0 Å². The molecule has 1 aromatic heterocycles. The quantitative estimate of drug-likeness (QED) is 0.472. The summed E-state index contributed by atoms with van der Waals surface area (Å²) in [5, 5.41) is 3.01. The number of carbonyl (C=O) groups is 2. The van der Waals surface area contributed by atoms with Crippen molar-refractivity contribution >= 4 is 22.9 Å². The number of benzene rings is 2. The van der Waals surface area contributed by atoms with Crippen LogP contribution in [0.3, 0.4) is 0 Å². The number of oxazole rings is 1. The predicted octanol–water partition coefficient (Wildman–Crippen LogP) is 4.53. The molecule has 1 saturated heterocycles. The van der Waals surface area contributed by atoms with E-state index >= 15 is 0 Å². The lowest BCUT2D eigenvalue weighted by molar-refractivity contribution is -0.126. The molecule has 0 unspecified atom stereocenters. The van der Waals surface area contributed by atoms with Crippen molar-refractivity contribution in [2.45, 2.75) is 33.1 Å². The Bertz CT molecular complexity index is 1100. The smallest absolute Gasteiger partial charge is 0.253 e. The molecule has 2 aromatic carbocycles. The summed E-state index contributed by atoms with van der Waals surface area (Å²) in [5.41, 5.74) is 2.84. The number of nitrogens with zero attached hydrogens (tertiary/aromatic N) is 2. The van der Waals surface area contributed by atoms with Gasteiger partial charge in [0.25, 0.3) is 5.91 Å². The van der Waals surface area contributed by atoms with Gasteiger partial charge in [0.2, 0.25) is 11.8 Å². The molecule has 3 aromatic rings. The first-order valence-electron chi connectivity index (χ1n) is 12.2. The summed E-state index contributed by atoms with van der Waals surface area (Å²) in [7, 11) is 0. The number of amides is 2. The van der Waals surface area contributed by atoms with Crippen LogP contribution in [0.4, 0.5) is 0 Å². The van der Waals surface area contributed by atoms with E-state index in [0.717, 1.165) is 30.3 Å². The average molecular weight is 464 g/mol. The summed E-state index contributed by atoms with van der Waals surface area (Å²) < 4.78 is 11.2. The number of carbonyl (C=O) groups excluding carboxylic acids is 2. The maximum Gasteiger partial charge on any atom is 0.253 e. The molecular weight excluding hydrogens is 430 g/mol. The largest absolute Gasteiger partial charge is 0.436 e. The number of fused-ring (bicyclic) bond motifs is 1. The monoisotopic (exact) mass is 463 g/mol. The van der Waals surface area contributed by atoms with E-state index in [-0.39, 0.29) is 23.7 Å². The lowest BCUT2D eigenvalue weighted by Gasteiger charge is -2.34. The summed E-state index contributed by atoms with van der Waals surface area (Å²) in [4.78, 5) is 32.0. The van der Waals surface area contributed by atoms with Crippen LogP contribution in [0.15, 0.2) is 52.9 Å². The summed E-state index contributed by atoms with van der Waals surface area (Å²) in [6.45, 7) is 7.25. The highest BCUT2D eigenvalue weighted by Gasteiger charge is 2.30. The molecule has 0 aliphatic carbocycles. The Morgan fingerprint density at radius 2 is 1.94 bits per heavy atom. The normalized spacial score (nSPS) is 15.4. The molecule has 7 heteroatoms. The first-order chi connectivity index (χ1) is 16.6. The van der Waals surface area contributed by atoms with Crippen LogP contribution in [0.5, 0.6) is 0 Å². The minimum absolute atomic E-state index is 0.00830. The fourth-order valence-corrected chi connectivity index (χ4v) is 4.45. The number of piperidine rings is 1. The van der Waals surface area contributed by atoms with Gasteiger partial charge in [0.1, 0.15) is 5.52 Å².